The number of carbonyl (C=O) groups excluding carboxylic acids is 3. The van der Waals surface area contributed by atoms with Gasteiger partial charge in [-0.2, -0.15) is 0 Å². The quantitative estimate of drug-likeness (QED) is 0.832. The zero-order valence-corrected chi connectivity index (χ0v) is 13.5. The lowest BCUT2D eigenvalue weighted by Gasteiger charge is -2.37. The minimum absolute atomic E-state index is 0.248. The number of likely N-dealkylation sites (tertiary alicyclic amines) is 1. The summed E-state index contributed by atoms with van der Waals surface area (Å²) < 4.78 is 4.70. The molecule has 0 spiro atoms. The van der Waals surface area contributed by atoms with Crippen molar-refractivity contribution in [2.24, 2.45) is 5.92 Å². The molecule has 0 atom stereocenters. The Bertz CT molecular complexity index is 803. The first-order valence-corrected chi connectivity index (χ1v) is 7.63. The van der Waals surface area contributed by atoms with E-state index in [9.17, 15) is 14.4 Å². The molecule has 0 unspecified atom stereocenters. The Balaban J connectivity index is 1.60. The minimum Gasteiger partial charge on any atom is -0.465 e. The van der Waals surface area contributed by atoms with Gasteiger partial charge in [0, 0.05) is 25.5 Å². The van der Waals surface area contributed by atoms with Gasteiger partial charge in [0.1, 0.15) is 5.69 Å². The molecule has 25 heavy (non-hydrogen) atoms. The lowest BCUT2D eigenvalue weighted by atomic mass is 9.98. The second-order valence-electron chi connectivity index (χ2n) is 5.52. The van der Waals surface area contributed by atoms with Gasteiger partial charge >= 0.3 is 5.97 Å². The Morgan fingerprint density at radius 3 is 2.64 bits per heavy atom. The van der Waals surface area contributed by atoms with Crippen LogP contribution in [-0.4, -0.2) is 52.9 Å². The van der Waals surface area contributed by atoms with Crippen molar-refractivity contribution in [3.63, 3.8) is 0 Å². The molecule has 2 aromatic rings. The number of nitrogens with zero attached hydrogens (tertiary/aromatic N) is 3. The maximum absolute atomic E-state index is 12.3. The molecule has 8 heteroatoms. The van der Waals surface area contributed by atoms with E-state index in [2.05, 4.69) is 15.3 Å². The van der Waals surface area contributed by atoms with Crippen LogP contribution in [0.4, 0.5) is 5.69 Å². The second-order valence-corrected chi connectivity index (χ2v) is 5.52. The average Bonchev–Trinajstić information content (AvgIpc) is 2.61. The smallest absolute Gasteiger partial charge is 0.339 e. The molecule has 1 aliphatic heterocycles. The number of para-hydroxylation sites is 1. The number of carbonyl (C=O) groups is 3. The van der Waals surface area contributed by atoms with Gasteiger partial charge in [-0.3, -0.25) is 14.6 Å². The summed E-state index contributed by atoms with van der Waals surface area (Å²) in [5, 5.41) is 2.72. The Labute approximate surface area is 143 Å². The number of methoxy groups -OCH3 is 1. The highest BCUT2D eigenvalue weighted by Gasteiger charge is 2.36. The molecule has 2 amide bonds. The van der Waals surface area contributed by atoms with Crippen LogP contribution < -0.4 is 5.32 Å². The molecule has 1 N–H and O–H groups in total. The minimum atomic E-state index is -0.524. The third-order valence-electron chi connectivity index (χ3n) is 3.91. The topological polar surface area (TPSA) is 101 Å². The average molecular weight is 340 g/mol. The van der Waals surface area contributed by atoms with Gasteiger partial charge in [0.05, 0.1) is 30.5 Å². The molecule has 1 aliphatic rings. The Hall–Kier alpha value is -3.29. The Morgan fingerprint density at radius 2 is 1.96 bits per heavy atom. The second kappa shape index (κ2) is 7.08. The number of anilines is 1. The summed E-state index contributed by atoms with van der Waals surface area (Å²) in [6.07, 6.45) is 4.32. The fourth-order valence-corrected chi connectivity index (χ4v) is 2.50. The summed E-state index contributed by atoms with van der Waals surface area (Å²) in [5.74, 6) is -1.37. The SMILES string of the molecule is COC(=O)c1ccccc1NC(=O)C1CN(C(=O)c2cnccn2)C1. The first-order valence-electron chi connectivity index (χ1n) is 7.63. The van der Waals surface area contributed by atoms with E-state index in [-0.39, 0.29) is 29.0 Å². The molecule has 8 nitrogen and oxygen atoms in total. The van der Waals surface area contributed by atoms with Gasteiger partial charge in [-0.1, -0.05) is 12.1 Å². The number of aromatic nitrogens is 2. The molecule has 0 aliphatic carbocycles. The molecule has 1 aromatic carbocycles. The summed E-state index contributed by atoms with van der Waals surface area (Å²) in [7, 11) is 1.28. The molecule has 0 saturated carbocycles. The maximum Gasteiger partial charge on any atom is 0.339 e. The lowest BCUT2D eigenvalue weighted by Crippen LogP contribution is -2.54. The number of ether oxygens (including phenoxy) is 1. The Morgan fingerprint density at radius 1 is 1.20 bits per heavy atom. The maximum atomic E-state index is 12.3. The van der Waals surface area contributed by atoms with Crippen molar-refractivity contribution in [3.05, 3.63) is 54.1 Å². The van der Waals surface area contributed by atoms with E-state index in [4.69, 9.17) is 4.74 Å². The summed E-state index contributed by atoms with van der Waals surface area (Å²) in [5.41, 5.74) is 0.917. The van der Waals surface area contributed by atoms with Crippen molar-refractivity contribution in [1.29, 1.82) is 0 Å². The molecular weight excluding hydrogens is 324 g/mol. The van der Waals surface area contributed by atoms with Crippen molar-refractivity contribution in [1.82, 2.24) is 14.9 Å². The van der Waals surface area contributed by atoms with Crippen LogP contribution >= 0.6 is 0 Å². The zero-order valence-electron chi connectivity index (χ0n) is 13.5. The predicted octanol–water partition coefficient (Wildman–Crippen LogP) is 0.974. The van der Waals surface area contributed by atoms with Crippen LogP contribution in [0.3, 0.4) is 0 Å². The van der Waals surface area contributed by atoms with Crippen molar-refractivity contribution >= 4 is 23.5 Å². The van der Waals surface area contributed by atoms with Crippen molar-refractivity contribution in [3.8, 4) is 0 Å². The van der Waals surface area contributed by atoms with Crippen molar-refractivity contribution in [2.45, 2.75) is 0 Å². The number of hydrogen-bond acceptors (Lipinski definition) is 6. The molecule has 0 radical (unpaired) electrons. The van der Waals surface area contributed by atoms with Crippen LogP contribution in [0.5, 0.6) is 0 Å². The van der Waals surface area contributed by atoms with Crippen LogP contribution in [0.1, 0.15) is 20.8 Å². The molecule has 1 aromatic heterocycles. The molecule has 0 bridgehead atoms. The van der Waals surface area contributed by atoms with Crippen LogP contribution in [0.15, 0.2) is 42.9 Å². The number of esters is 1. The number of benzene rings is 1. The fraction of sp³-hybridized carbons (Fsp3) is 0.235. The van der Waals surface area contributed by atoms with Gasteiger partial charge in [0.2, 0.25) is 5.91 Å². The van der Waals surface area contributed by atoms with Gasteiger partial charge in [0.25, 0.3) is 5.91 Å². The normalized spacial score (nSPS) is 13.7. The van der Waals surface area contributed by atoms with Gasteiger partial charge in [-0.15, -0.1) is 0 Å². The summed E-state index contributed by atoms with van der Waals surface area (Å²) in [6.45, 7) is 0.587. The molecular formula is C17H16N4O4. The van der Waals surface area contributed by atoms with Gasteiger partial charge in [-0.25, -0.2) is 9.78 Å². The van der Waals surface area contributed by atoms with Crippen molar-refractivity contribution < 1.29 is 19.1 Å². The fourth-order valence-electron chi connectivity index (χ4n) is 2.50. The first-order chi connectivity index (χ1) is 12.1. The highest BCUT2D eigenvalue weighted by molar-refractivity contribution is 6.03. The van der Waals surface area contributed by atoms with Crippen LogP contribution in [0, 0.1) is 5.92 Å². The first kappa shape index (κ1) is 16.6. The van der Waals surface area contributed by atoms with Gasteiger partial charge in [-0.05, 0) is 12.1 Å². The number of hydrogen-bond donors (Lipinski definition) is 1. The van der Waals surface area contributed by atoms with Gasteiger partial charge < -0.3 is 15.0 Å². The Kier molecular flexibility index (Phi) is 4.69. The molecule has 1 fully saturated rings. The van der Waals surface area contributed by atoms with E-state index < -0.39 is 5.97 Å². The van der Waals surface area contributed by atoms with Crippen molar-refractivity contribution in [2.75, 3.05) is 25.5 Å². The van der Waals surface area contributed by atoms with E-state index in [1.165, 1.54) is 30.6 Å². The molecule has 1 saturated heterocycles. The molecule has 3 rings (SSSR count). The highest BCUT2D eigenvalue weighted by Crippen LogP contribution is 2.22. The number of rotatable bonds is 4. The predicted molar refractivity (Wildman–Crippen MR) is 87.8 cm³/mol. The van der Waals surface area contributed by atoms with Gasteiger partial charge in [0.15, 0.2) is 0 Å². The highest BCUT2D eigenvalue weighted by atomic mass is 16.5. The zero-order chi connectivity index (χ0) is 17.8. The van der Waals surface area contributed by atoms with E-state index >= 15 is 0 Å². The van der Waals surface area contributed by atoms with Crippen LogP contribution in [-0.2, 0) is 9.53 Å². The molecule has 128 valence electrons. The summed E-state index contributed by atoms with van der Waals surface area (Å²) >= 11 is 0. The lowest BCUT2D eigenvalue weighted by molar-refractivity contribution is -0.123. The largest absolute Gasteiger partial charge is 0.465 e. The third kappa shape index (κ3) is 3.47. The van der Waals surface area contributed by atoms with Crippen LogP contribution in [0.2, 0.25) is 0 Å². The monoisotopic (exact) mass is 340 g/mol. The molecule has 2 heterocycles. The standard InChI is InChI=1S/C17H16N4O4/c1-25-17(24)12-4-2-3-5-13(12)20-15(22)11-9-21(10-11)16(23)14-8-18-6-7-19-14/h2-8,11H,9-10H2,1H3,(H,20,22). The summed E-state index contributed by atoms with van der Waals surface area (Å²) in [6, 6.07) is 6.61. The number of amides is 2. The van der Waals surface area contributed by atoms with Crippen LogP contribution in [0.25, 0.3) is 0 Å². The van der Waals surface area contributed by atoms with E-state index in [0.717, 1.165) is 0 Å². The van der Waals surface area contributed by atoms with E-state index in [0.29, 0.717) is 18.8 Å². The third-order valence-corrected chi connectivity index (χ3v) is 3.91. The van der Waals surface area contributed by atoms with E-state index in [1.807, 2.05) is 0 Å². The number of nitrogens with one attached hydrogen (secondary N) is 1. The summed E-state index contributed by atoms with van der Waals surface area (Å²) in [4.78, 5) is 45.6. The van der Waals surface area contributed by atoms with E-state index in [1.54, 1.807) is 24.3 Å².